The number of fused-ring (bicyclic) bond motifs is 3. The summed E-state index contributed by atoms with van der Waals surface area (Å²) in [5.74, 6) is -1.17. The number of aliphatic hydroxyl groups is 2. The third-order valence-corrected chi connectivity index (χ3v) is 8.23. The first kappa shape index (κ1) is 26.1. The van der Waals surface area contributed by atoms with Crippen LogP contribution in [-0.4, -0.2) is 69.7 Å². The first-order chi connectivity index (χ1) is 19.3. The highest BCUT2D eigenvalue weighted by Crippen LogP contribution is 2.47. The zero-order valence-electron chi connectivity index (χ0n) is 21.5. The van der Waals surface area contributed by atoms with E-state index in [0.29, 0.717) is 29.9 Å². The number of benzene rings is 2. The van der Waals surface area contributed by atoms with Crippen LogP contribution in [-0.2, 0) is 32.6 Å². The molecule has 2 aliphatic heterocycles. The molecule has 1 spiro atoms. The maximum atomic E-state index is 14.0. The molecule has 3 heterocycles. The van der Waals surface area contributed by atoms with Crippen molar-refractivity contribution in [2.75, 3.05) is 36.9 Å². The zero-order chi connectivity index (χ0) is 28.1. The molecular weight excluding hydrogens is 517 g/mol. The first-order valence-corrected chi connectivity index (χ1v) is 13.0. The number of rotatable bonds is 6. The summed E-state index contributed by atoms with van der Waals surface area (Å²) in [6.45, 7) is -1.63. The van der Waals surface area contributed by atoms with Crippen LogP contribution in [0.2, 0.25) is 0 Å². The van der Waals surface area contributed by atoms with Gasteiger partial charge in [0.2, 0.25) is 17.7 Å². The van der Waals surface area contributed by atoms with Crippen LogP contribution in [0.5, 0.6) is 0 Å². The van der Waals surface area contributed by atoms with Crippen molar-refractivity contribution in [3.05, 3.63) is 88.9 Å². The minimum atomic E-state index is -1.65. The fourth-order valence-corrected chi connectivity index (χ4v) is 6.09. The Balaban J connectivity index is 1.22. The van der Waals surface area contributed by atoms with E-state index >= 15 is 0 Å². The summed E-state index contributed by atoms with van der Waals surface area (Å²) in [4.78, 5) is 45.2. The zero-order valence-corrected chi connectivity index (χ0v) is 21.5. The molecule has 2 aromatic carbocycles. The van der Waals surface area contributed by atoms with Gasteiger partial charge in [-0.15, -0.1) is 0 Å². The summed E-state index contributed by atoms with van der Waals surface area (Å²) in [6.07, 6.45) is 2.63. The number of nitrogens with zero attached hydrogens (tertiary/aromatic N) is 2. The van der Waals surface area contributed by atoms with Crippen LogP contribution in [0.1, 0.15) is 28.3 Å². The van der Waals surface area contributed by atoms with Gasteiger partial charge in [-0.1, -0.05) is 24.3 Å². The Morgan fingerprint density at radius 1 is 1.07 bits per heavy atom. The van der Waals surface area contributed by atoms with Gasteiger partial charge in [-0.05, 0) is 59.9 Å². The van der Waals surface area contributed by atoms with Crippen LogP contribution in [0.25, 0.3) is 0 Å². The van der Waals surface area contributed by atoms with Gasteiger partial charge in [-0.3, -0.25) is 19.7 Å². The lowest BCUT2D eigenvalue weighted by Gasteiger charge is -2.45. The van der Waals surface area contributed by atoms with Crippen molar-refractivity contribution in [3.8, 4) is 0 Å². The normalized spacial score (nSPS) is 22.7. The van der Waals surface area contributed by atoms with Crippen molar-refractivity contribution in [2.24, 2.45) is 0 Å². The maximum Gasteiger partial charge on any atom is 0.248 e. The van der Waals surface area contributed by atoms with Gasteiger partial charge in [-0.2, -0.15) is 0 Å². The molecule has 10 nitrogen and oxygen atoms in total. The molecule has 0 radical (unpaired) electrons. The largest absolute Gasteiger partial charge is 0.394 e. The van der Waals surface area contributed by atoms with Crippen molar-refractivity contribution in [2.45, 2.75) is 29.8 Å². The highest BCUT2D eigenvalue weighted by Gasteiger charge is 2.51. The summed E-state index contributed by atoms with van der Waals surface area (Å²) >= 11 is 0. The van der Waals surface area contributed by atoms with Gasteiger partial charge in [0.05, 0.1) is 24.7 Å². The summed E-state index contributed by atoms with van der Waals surface area (Å²) < 4.78 is 14.0. The Hall–Kier alpha value is -4.19. The minimum absolute atomic E-state index is 0.0974. The number of carbonyl (C=O) groups excluding carboxylic acids is 3. The van der Waals surface area contributed by atoms with Crippen molar-refractivity contribution < 1.29 is 29.0 Å². The molecule has 3 amide bonds. The predicted molar refractivity (Wildman–Crippen MR) is 143 cm³/mol. The van der Waals surface area contributed by atoms with Gasteiger partial charge in [0, 0.05) is 24.0 Å². The number of amides is 3. The lowest BCUT2D eigenvalue weighted by molar-refractivity contribution is -0.151. The van der Waals surface area contributed by atoms with E-state index in [9.17, 15) is 29.0 Å². The molecule has 5 N–H and O–H groups in total. The Morgan fingerprint density at radius 2 is 1.88 bits per heavy atom. The Labute approximate surface area is 229 Å². The number of aliphatic hydroxyl groups excluding tert-OH is 2. The highest BCUT2D eigenvalue weighted by atomic mass is 19.1. The average Bonchev–Trinajstić information content (AvgIpc) is 3.46. The van der Waals surface area contributed by atoms with Crippen molar-refractivity contribution in [1.29, 1.82) is 0 Å². The number of aromatic nitrogens is 1. The summed E-state index contributed by atoms with van der Waals surface area (Å²) in [5.41, 5.74) is 1.39. The van der Waals surface area contributed by atoms with E-state index in [4.69, 9.17) is 0 Å². The van der Waals surface area contributed by atoms with Crippen LogP contribution >= 0.6 is 0 Å². The van der Waals surface area contributed by atoms with Crippen molar-refractivity contribution in [3.63, 3.8) is 0 Å². The van der Waals surface area contributed by atoms with Crippen molar-refractivity contribution >= 4 is 29.2 Å². The average molecular weight is 546 g/mol. The van der Waals surface area contributed by atoms with E-state index in [1.54, 1.807) is 18.3 Å². The molecule has 11 heteroatoms. The first-order valence-electron chi connectivity index (χ1n) is 13.0. The van der Waals surface area contributed by atoms with E-state index in [2.05, 4.69) is 20.9 Å². The van der Waals surface area contributed by atoms with Gasteiger partial charge >= 0.3 is 0 Å². The topological polar surface area (TPSA) is 144 Å². The molecule has 40 heavy (non-hydrogen) atoms. The number of hydrogen-bond acceptors (Lipinski definition) is 7. The summed E-state index contributed by atoms with van der Waals surface area (Å²) in [6, 6.07) is 14.2. The standard InChI is InChI=1S/C29H28FN5O5/c30-20-4-1-3-17(9-20)23-13-32-29(15-36,16-37)27(40)35(23)14-24(38)33-21-7-6-18-11-28(12-19(18)10-21)22-5-2-8-31-25(22)34-26(28)39/h1-10,23,32,36-37H,11-16H2,(H,33,38)(H,31,34,39)/t23?,28-/m1/s1. The fourth-order valence-electron chi connectivity index (χ4n) is 6.09. The van der Waals surface area contributed by atoms with Crippen molar-refractivity contribution in [1.82, 2.24) is 15.2 Å². The number of piperazine rings is 1. The Bertz CT molecular complexity index is 1530. The molecule has 3 aliphatic rings. The molecule has 0 bridgehead atoms. The number of halogens is 1. The van der Waals surface area contributed by atoms with E-state index in [1.165, 1.54) is 23.1 Å². The van der Waals surface area contributed by atoms with Crippen LogP contribution < -0.4 is 16.0 Å². The maximum absolute atomic E-state index is 14.0. The second-order valence-corrected chi connectivity index (χ2v) is 10.6. The van der Waals surface area contributed by atoms with Crippen LogP contribution in [0.3, 0.4) is 0 Å². The molecular formula is C29H28FN5O5. The lowest BCUT2D eigenvalue weighted by atomic mass is 9.79. The van der Waals surface area contributed by atoms with Crippen LogP contribution in [0, 0.1) is 5.82 Å². The van der Waals surface area contributed by atoms with Gasteiger partial charge in [0.15, 0.2) is 0 Å². The second-order valence-electron chi connectivity index (χ2n) is 10.6. The number of anilines is 2. The molecule has 1 aromatic heterocycles. The highest BCUT2D eigenvalue weighted by molar-refractivity contribution is 6.06. The number of carbonyl (C=O) groups is 3. The van der Waals surface area contributed by atoms with E-state index < -0.39 is 47.8 Å². The molecule has 6 rings (SSSR count). The van der Waals surface area contributed by atoms with Gasteiger partial charge in [0.25, 0.3) is 0 Å². The van der Waals surface area contributed by atoms with E-state index in [0.717, 1.165) is 16.7 Å². The summed E-state index contributed by atoms with van der Waals surface area (Å²) in [5, 5.41) is 28.4. The number of hydrogen-bond donors (Lipinski definition) is 5. The smallest absolute Gasteiger partial charge is 0.248 e. The van der Waals surface area contributed by atoms with Gasteiger partial charge in [0.1, 0.15) is 23.7 Å². The molecule has 2 atom stereocenters. The number of pyridine rings is 1. The summed E-state index contributed by atoms with van der Waals surface area (Å²) in [7, 11) is 0. The Morgan fingerprint density at radius 3 is 2.65 bits per heavy atom. The monoisotopic (exact) mass is 545 g/mol. The SMILES string of the molecule is O=C(CN1C(=O)C(CO)(CO)NCC1c1cccc(F)c1)Nc1ccc2c(c1)C[C@@]1(C2)C(=O)Nc2ncccc21. The molecule has 0 saturated carbocycles. The molecule has 1 fully saturated rings. The third kappa shape index (κ3) is 4.14. The molecule has 1 unspecified atom stereocenters. The third-order valence-electron chi connectivity index (χ3n) is 8.23. The fraction of sp³-hybridized carbons (Fsp3) is 0.310. The lowest BCUT2D eigenvalue weighted by Crippen LogP contribution is -2.69. The second kappa shape index (κ2) is 9.77. The van der Waals surface area contributed by atoms with Gasteiger partial charge < -0.3 is 25.7 Å². The minimum Gasteiger partial charge on any atom is -0.394 e. The number of nitrogens with one attached hydrogen (secondary N) is 3. The van der Waals surface area contributed by atoms with E-state index in [1.807, 2.05) is 24.3 Å². The quantitative estimate of drug-likeness (QED) is 0.311. The Kier molecular flexibility index (Phi) is 6.37. The predicted octanol–water partition coefficient (Wildman–Crippen LogP) is 1.04. The molecule has 1 saturated heterocycles. The van der Waals surface area contributed by atoms with E-state index in [-0.39, 0.29) is 19.0 Å². The molecule has 1 aliphatic carbocycles. The van der Waals surface area contributed by atoms with Crippen LogP contribution in [0.15, 0.2) is 60.8 Å². The molecule has 206 valence electrons. The van der Waals surface area contributed by atoms with Gasteiger partial charge in [-0.25, -0.2) is 9.37 Å². The molecule has 3 aromatic rings. The van der Waals surface area contributed by atoms with Crippen LogP contribution in [0.4, 0.5) is 15.9 Å².